The maximum Gasteiger partial charge on any atom is 0.411 e. The van der Waals surface area contributed by atoms with Crippen molar-refractivity contribution in [3.8, 4) is 0 Å². The quantitative estimate of drug-likeness (QED) is 0.671. The van der Waals surface area contributed by atoms with Crippen molar-refractivity contribution in [1.82, 2.24) is 4.90 Å². The molecule has 1 fully saturated rings. The monoisotopic (exact) mass is 423 g/mol. The van der Waals surface area contributed by atoms with Crippen molar-refractivity contribution in [1.29, 1.82) is 0 Å². The van der Waals surface area contributed by atoms with E-state index in [1.54, 1.807) is 11.9 Å². The van der Waals surface area contributed by atoms with Crippen LogP contribution in [-0.4, -0.2) is 41.3 Å². The van der Waals surface area contributed by atoms with Crippen LogP contribution in [0.3, 0.4) is 0 Å². The van der Waals surface area contributed by atoms with E-state index < -0.39 is 23.2 Å². The molecule has 6 heteroatoms. The summed E-state index contributed by atoms with van der Waals surface area (Å²) >= 11 is 3.37. The van der Waals surface area contributed by atoms with Crippen LogP contribution in [0.5, 0.6) is 0 Å². The molecule has 1 saturated heterocycles. The number of halogens is 1. The molecule has 26 heavy (non-hydrogen) atoms. The average Bonchev–Trinajstić information content (AvgIpc) is 2.94. The standard InChI is InChI=1S/C20H26BrNO4/c1-5-25-17(23)20(13-15-9-7-6-8-10-15)16(14-21)11-12-22(20)18(24)26-19(2,3)4/h6-10,14H,5,11-13H2,1-4H3/b16-14-/t20-/m1/s1. The van der Waals surface area contributed by atoms with Crippen LogP contribution >= 0.6 is 15.9 Å². The van der Waals surface area contributed by atoms with Gasteiger partial charge in [0.2, 0.25) is 0 Å². The first-order valence-corrected chi connectivity index (χ1v) is 9.67. The van der Waals surface area contributed by atoms with Crippen LogP contribution in [0.1, 0.15) is 39.7 Å². The molecule has 0 bridgehead atoms. The van der Waals surface area contributed by atoms with E-state index in [0.29, 0.717) is 19.4 Å². The van der Waals surface area contributed by atoms with Gasteiger partial charge in [0.05, 0.1) is 6.61 Å². The van der Waals surface area contributed by atoms with E-state index in [1.807, 2.05) is 51.1 Å². The third-order valence-electron chi connectivity index (χ3n) is 4.26. The highest BCUT2D eigenvalue weighted by Gasteiger charge is 2.55. The van der Waals surface area contributed by atoms with E-state index in [-0.39, 0.29) is 6.61 Å². The highest BCUT2D eigenvalue weighted by molar-refractivity contribution is 9.11. The van der Waals surface area contributed by atoms with Crippen molar-refractivity contribution in [3.05, 3.63) is 46.5 Å². The Morgan fingerprint density at radius 1 is 1.27 bits per heavy atom. The van der Waals surface area contributed by atoms with Gasteiger partial charge in [0.1, 0.15) is 5.60 Å². The third kappa shape index (κ3) is 4.29. The molecule has 1 aliphatic rings. The Labute approximate surface area is 163 Å². The Balaban J connectivity index is 2.51. The molecule has 1 heterocycles. The lowest BCUT2D eigenvalue weighted by atomic mass is 9.84. The second-order valence-corrected chi connectivity index (χ2v) is 7.72. The Bertz CT molecular complexity index is 681. The predicted octanol–water partition coefficient (Wildman–Crippen LogP) is 4.45. The molecule has 0 aromatic heterocycles. The zero-order chi connectivity index (χ0) is 19.4. The van der Waals surface area contributed by atoms with Crippen molar-refractivity contribution >= 4 is 28.0 Å². The number of hydrogen-bond donors (Lipinski definition) is 0. The summed E-state index contributed by atoms with van der Waals surface area (Å²) in [7, 11) is 0. The van der Waals surface area contributed by atoms with Crippen LogP contribution in [0.15, 0.2) is 40.9 Å². The molecule has 142 valence electrons. The highest BCUT2D eigenvalue weighted by atomic mass is 79.9. The molecule has 1 amide bonds. The molecule has 2 rings (SSSR count). The van der Waals surface area contributed by atoms with E-state index >= 15 is 0 Å². The molecule has 0 saturated carbocycles. The van der Waals surface area contributed by atoms with Gasteiger partial charge in [-0.2, -0.15) is 0 Å². The van der Waals surface area contributed by atoms with Gasteiger partial charge in [-0.1, -0.05) is 46.3 Å². The Kier molecular flexibility index (Phi) is 6.50. The number of benzene rings is 1. The van der Waals surface area contributed by atoms with E-state index in [1.165, 1.54) is 4.90 Å². The topological polar surface area (TPSA) is 55.8 Å². The zero-order valence-corrected chi connectivity index (χ0v) is 17.3. The summed E-state index contributed by atoms with van der Waals surface area (Å²) in [4.78, 5) is 29.2. The summed E-state index contributed by atoms with van der Waals surface area (Å²) in [5.41, 5.74) is -0.0950. The van der Waals surface area contributed by atoms with Crippen molar-refractivity contribution in [2.24, 2.45) is 0 Å². The number of rotatable bonds is 4. The maximum absolute atomic E-state index is 13.1. The summed E-state index contributed by atoms with van der Waals surface area (Å²) in [5.74, 6) is -0.432. The minimum absolute atomic E-state index is 0.243. The molecule has 0 radical (unpaired) electrons. The fourth-order valence-electron chi connectivity index (χ4n) is 3.18. The lowest BCUT2D eigenvalue weighted by Gasteiger charge is -2.38. The van der Waals surface area contributed by atoms with Gasteiger partial charge in [-0.15, -0.1) is 0 Å². The highest BCUT2D eigenvalue weighted by Crippen LogP contribution is 2.40. The fraction of sp³-hybridized carbons (Fsp3) is 0.500. The summed E-state index contributed by atoms with van der Waals surface area (Å²) in [5, 5.41) is 0. The summed E-state index contributed by atoms with van der Waals surface area (Å²) in [6, 6.07) is 9.63. The van der Waals surface area contributed by atoms with Gasteiger partial charge >= 0.3 is 12.1 Å². The third-order valence-corrected chi connectivity index (χ3v) is 4.81. The van der Waals surface area contributed by atoms with Gasteiger partial charge in [0.15, 0.2) is 5.54 Å². The van der Waals surface area contributed by atoms with Gasteiger partial charge in [-0.05, 0) is 50.2 Å². The molecule has 1 atom stereocenters. The maximum atomic E-state index is 13.1. The summed E-state index contributed by atoms with van der Waals surface area (Å²) < 4.78 is 11.0. The largest absolute Gasteiger partial charge is 0.464 e. The van der Waals surface area contributed by atoms with E-state index in [4.69, 9.17) is 9.47 Å². The first-order chi connectivity index (χ1) is 12.2. The number of nitrogens with zero attached hydrogens (tertiary/aromatic N) is 1. The second kappa shape index (κ2) is 8.25. The Hall–Kier alpha value is -1.82. The van der Waals surface area contributed by atoms with E-state index in [0.717, 1.165) is 11.1 Å². The van der Waals surface area contributed by atoms with Crippen LogP contribution in [-0.2, 0) is 20.7 Å². The Morgan fingerprint density at radius 3 is 2.46 bits per heavy atom. The first kappa shape index (κ1) is 20.5. The molecule has 0 N–H and O–H groups in total. The zero-order valence-electron chi connectivity index (χ0n) is 15.8. The van der Waals surface area contributed by atoms with Gasteiger partial charge in [0.25, 0.3) is 0 Å². The van der Waals surface area contributed by atoms with Crippen LogP contribution in [0.25, 0.3) is 0 Å². The van der Waals surface area contributed by atoms with Crippen molar-refractivity contribution in [3.63, 3.8) is 0 Å². The van der Waals surface area contributed by atoms with E-state index in [2.05, 4.69) is 15.9 Å². The van der Waals surface area contributed by atoms with Crippen molar-refractivity contribution in [2.75, 3.05) is 13.2 Å². The van der Waals surface area contributed by atoms with Crippen LogP contribution in [0, 0.1) is 0 Å². The average molecular weight is 424 g/mol. The SMILES string of the molecule is CCOC(=O)[C@@]1(Cc2ccccc2)/C(=C\Br)CCN1C(=O)OC(C)(C)C. The molecule has 1 aliphatic heterocycles. The minimum Gasteiger partial charge on any atom is -0.464 e. The molecule has 0 unspecified atom stereocenters. The molecular weight excluding hydrogens is 398 g/mol. The summed E-state index contributed by atoms with van der Waals surface area (Å²) in [6.07, 6.45) is 0.408. The Morgan fingerprint density at radius 2 is 1.92 bits per heavy atom. The van der Waals surface area contributed by atoms with Crippen LogP contribution < -0.4 is 0 Å². The molecule has 1 aromatic rings. The van der Waals surface area contributed by atoms with Crippen molar-refractivity contribution in [2.45, 2.75) is 51.7 Å². The number of hydrogen-bond acceptors (Lipinski definition) is 4. The summed E-state index contributed by atoms with van der Waals surface area (Å²) in [6.45, 7) is 7.84. The first-order valence-electron chi connectivity index (χ1n) is 8.76. The van der Waals surface area contributed by atoms with Crippen LogP contribution in [0.4, 0.5) is 4.79 Å². The van der Waals surface area contributed by atoms with Crippen LogP contribution in [0.2, 0.25) is 0 Å². The fourth-order valence-corrected chi connectivity index (χ4v) is 3.78. The normalized spacial score (nSPS) is 21.7. The van der Waals surface area contributed by atoms with Gasteiger partial charge in [-0.3, -0.25) is 4.90 Å². The van der Waals surface area contributed by atoms with Gasteiger partial charge in [0, 0.05) is 13.0 Å². The number of carbonyl (C=O) groups excluding carboxylic acids is 2. The number of likely N-dealkylation sites (tertiary alicyclic amines) is 1. The molecule has 1 aromatic carbocycles. The molecule has 5 nitrogen and oxygen atoms in total. The lowest BCUT2D eigenvalue weighted by Crippen LogP contribution is -2.57. The van der Waals surface area contributed by atoms with E-state index in [9.17, 15) is 9.59 Å². The predicted molar refractivity (Wildman–Crippen MR) is 104 cm³/mol. The minimum atomic E-state index is -1.21. The number of esters is 1. The lowest BCUT2D eigenvalue weighted by molar-refractivity contribution is -0.153. The molecular formula is C20H26BrNO4. The number of carbonyl (C=O) groups is 2. The molecule has 0 aliphatic carbocycles. The number of ether oxygens (including phenoxy) is 2. The van der Waals surface area contributed by atoms with Crippen molar-refractivity contribution < 1.29 is 19.1 Å². The smallest absolute Gasteiger partial charge is 0.411 e. The second-order valence-electron chi connectivity index (χ2n) is 7.26. The molecule has 0 spiro atoms. The van der Waals surface area contributed by atoms with Gasteiger partial charge < -0.3 is 9.47 Å². The van der Waals surface area contributed by atoms with Gasteiger partial charge in [-0.25, -0.2) is 9.59 Å². The number of amides is 1.